The zero-order valence-electron chi connectivity index (χ0n) is 17.0. The van der Waals surface area contributed by atoms with Crippen LogP contribution in [0.15, 0.2) is 94.4 Å². The molecule has 0 atom stereocenters. The van der Waals surface area contributed by atoms with Crippen molar-refractivity contribution in [3.05, 3.63) is 105 Å². The van der Waals surface area contributed by atoms with E-state index in [1.165, 1.54) is 17.4 Å². The Balaban J connectivity index is 1.90. The molecule has 1 N–H and O–H groups in total. The molecule has 0 amide bonds. The molecular weight excluding hydrogens is 447 g/mol. The molecule has 0 aliphatic heterocycles. The molecule has 0 aliphatic rings. The van der Waals surface area contributed by atoms with Crippen LogP contribution in [0.2, 0.25) is 0 Å². The van der Waals surface area contributed by atoms with Gasteiger partial charge >= 0.3 is 6.18 Å². The number of alkyl halides is 3. The lowest BCUT2D eigenvalue weighted by Crippen LogP contribution is -2.18. The van der Waals surface area contributed by atoms with Crippen LogP contribution in [-0.2, 0) is 6.18 Å². The molecule has 8 heteroatoms. The van der Waals surface area contributed by atoms with E-state index < -0.39 is 22.6 Å². The molecule has 0 saturated carbocycles. The van der Waals surface area contributed by atoms with Crippen LogP contribution in [0.4, 0.5) is 24.7 Å². The molecule has 0 saturated heterocycles. The number of thiophene rings is 1. The highest BCUT2D eigenvalue weighted by Gasteiger charge is 2.35. The fraction of sp³-hybridized carbons (Fsp3) is 0.0400. The third-order valence-corrected chi connectivity index (χ3v) is 5.83. The van der Waals surface area contributed by atoms with Gasteiger partial charge < -0.3 is 5.32 Å². The molecule has 0 radical (unpaired) electrons. The van der Waals surface area contributed by atoms with E-state index in [0.717, 1.165) is 6.07 Å². The Labute approximate surface area is 190 Å². The Morgan fingerprint density at radius 2 is 1.61 bits per heavy atom. The lowest BCUT2D eigenvalue weighted by molar-refractivity contribution is -0.136. The summed E-state index contributed by atoms with van der Waals surface area (Å²) in [6.45, 7) is 0. The minimum Gasteiger partial charge on any atom is -0.341 e. The van der Waals surface area contributed by atoms with Crippen LogP contribution < -0.4 is 10.7 Å². The number of benzene rings is 2. The number of hydrogen-bond acceptors (Lipinski definition) is 4. The number of fused-ring (bicyclic) bond motifs is 1. The monoisotopic (exact) mass is 463 g/mol. The number of para-hydroxylation sites is 2. The Kier molecular flexibility index (Phi) is 5.22. The lowest BCUT2D eigenvalue weighted by Gasteiger charge is -2.20. The van der Waals surface area contributed by atoms with Gasteiger partial charge in [0, 0.05) is 28.4 Å². The quantitative estimate of drug-likeness (QED) is 0.316. The number of rotatable bonds is 4. The molecule has 0 spiro atoms. The van der Waals surface area contributed by atoms with Crippen LogP contribution in [0.5, 0.6) is 0 Å². The topological polar surface area (TPSA) is 46.9 Å². The van der Waals surface area contributed by atoms with E-state index in [9.17, 15) is 18.0 Å². The van der Waals surface area contributed by atoms with Crippen molar-refractivity contribution in [3.63, 3.8) is 0 Å². The molecular formula is C25H16F3N3OS. The normalized spacial score (nSPS) is 11.6. The molecule has 0 unspecified atom stereocenters. The molecule has 5 aromatic rings. The average Bonchev–Trinajstić information content (AvgIpc) is 3.34. The van der Waals surface area contributed by atoms with Gasteiger partial charge in [-0.05, 0) is 41.8 Å². The smallest absolute Gasteiger partial charge is 0.341 e. The van der Waals surface area contributed by atoms with Gasteiger partial charge in [-0.2, -0.15) is 24.5 Å². The second kappa shape index (κ2) is 8.22. The largest absolute Gasteiger partial charge is 0.417 e. The van der Waals surface area contributed by atoms with Crippen LogP contribution >= 0.6 is 11.3 Å². The molecule has 5 rings (SSSR count). The van der Waals surface area contributed by atoms with E-state index >= 15 is 0 Å². The molecule has 164 valence electrons. The van der Waals surface area contributed by atoms with Crippen LogP contribution in [0.3, 0.4) is 0 Å². The highest BCUT2D eigenvalue weighted by molar-refractivity contribution is 7.08. The van der Waals surface area contributed by atoms with Crippen LogP contribution in [0, 0.1) is 0 Å². The standard InChI is InChI=1S/C25H16F3N3OS/c26-25(27,28)19-13-20(16-11-12-33-15-16)30-24-23(19)21(32)14-22(29-17-7-3-1-4-8-17)31(24)18-9-5-2-6-10-18/h1-15,29H. The van der Waals surface area contributed by atoms with Crippen molar-refractivity contribution in [3.8, 4) is 16.9 Å². The first-order valence-corrected chi connectivity index (χ1v) is 10.9. The number of halogens is 3. The number of nitrogens with zero attached hydrogens (tertiary/aromatic N) is 2. The SMILES string of the molecule is O=c1cc(Nc2ccccc2)n(-c2ccccc2)c2nc(-c3ccsc3)cc(C(F)(F)F)c12. The average molecular weight is 463 g/mol. The number of hydrogen-bond donors (Lipinski definition) is 1. The Bertz CT molecular complexity index is 1480. The summed E-state index contributed by atoms with van der Waals surface area (Å²) in [5.41, 5.74) is 0.137. The summed E-state index contributed by atoms with van der Waals surface area (Å²) in [6.07, 6.45) is -4.73. The Hall–Kier alpha value is -3.91. The van der Waals surface area contributed by atoms with Gasteiger partial charge in [-0.1, -0.05) is 36.4 Å². The number of aromatic nitrogens is 2. The van der Waals surface area contributed by atoms with E-state index in [1.807, 2.05) is 24.3 Å². The maximum atomic E-state index is 14.1. The summed E-state index contributed by atoms with van der Waals surface area (Å²) in [5, 5.41) is 6.19. The molecule has 4 nitrogen and oxygen atoms in total. The van der Waals surface area contributed by atoms with E-state index in [-0.39, 0.29) is 11.3 Å². The number of nitrogens with one attached hydrogen (secondary N) is 1. The van der Waals surface area contributed by atoms with Gasteiger partial charge in [0.05, 0.1) is 16.6 Å². The molecule has 0 aliphatic carbocycles. The van der Waals surface area contributed by atoms with Gasteiger partial charge in [-0.25, -0.2) is 4.98 Å². The second-order valence-electron chi connectivity index (χ2n) is 7.32. The summed E-state index contributed by atoms with van der Waals surface area (Å²) >= 11 is 1.36. The predicted molar refractivity (Wildman–Crippen MR) is 125 cm³/mol. The van der Waals surface area contributed by atoms with E-state index in [1.54, 1.807) is 57.8 Å². The molecule has 3 aromatic heterocycles. The highest BCUT2D eigenvalue weighted by Crippen LogP contribution is 2.37. The third kappa shape index (κ3) is 4.01. The second-order valence-corrected chi connectivity index (χ2v) is 8.10. The molecule has 0 fully saturated rings. The van der Waals surface area contributed by atoms with E-state index in [2.05, 4.69) is 10.3 Å². The first-order chi connectivity index (χ1) is 15.9. The van der Waals surface area contributed by atoms with Crippen molar-refractivity contribution in [2.75, 3.05) is 5.32 Å². The zero-order chi connectivity index (χ0) is 23.0. The van der Waals surface area contributed by atoms with Gasteiger partial charge in [0.25, 0.3) is 0 Å². The third-order valence-electron chi connectivity index (χ3n) is 5.15. The minimum absolute atomic E-state index is 0.0665. The highest BCUT2D eigenvalue weighted by atomic mass is 32.1. The summed E-state index contributed by atoms with van der Waals surface area (Å²) in [4.78, 5) is 17.6. The summed E-state index contributed by atoms with van der Waals surface area (Å²) in [7, 11) is 0. The summed E-state index contributed by atoms with van der Waals surface area (Å²) < 4.78 is 43.9. The Morgan fingerprint density at radius 1 is 0.909 bits per heavy atom. The molecule has 3 heterocycles. The van der Waals surface area contributed by atoms with Gasteiger partial charge in [0.1, 0.15) is 5.82 Å². The van der Waals surface area contributed by atoms with Crippen molar-refractivity contribution in [1.82, 2.24) is 9.55 Å². The van der Waals surface area contributed by atoms with Gasteiger partial charge in [0.15, 0.2) is 11.1 Å². The predicted octanol–water partition coefficient (Wildman–Crippen LogP) is 6.88. The van der Waals surface area contributed by atoms with Crippen molar-refractivity contribution in [1.29, 1.82) is 0 Å². The van der Waals surface area contributed by atoms with E-state index in [4.69, 9.17) is 0 Å². The van der Waals surface area contributed by atoms with Gasteiger partial charge in [-0.15, -0.1) is 0 Å². The Morgan fingerprint density at radius 3 is 2.24 bits per heavy atom. The zero-order valence-corrected chi connectivity index (χ0v) is 17.8. The summed E-state index contributed by atoms with van der Waals surface area (Å²) in [5.74, 6) is 0.313. The molecule has 33 heavy (non-hydrogen) atoms. The van der Waals surface area contributed by atoms with Gasteiger partial charge in [-0.3, -0.25) is 9.36 Å². The minimum atomic E-state index is -4.73. The van der Waals surface area contributed by atoms with Gasteiger partial charge in [0.2, 0.25) is 0 Å². The maximum Gasteiger partial charge on any atom is 0.417 e. The van der Waals surface area contributed by atoms with Crippen LogP contribution in [0.1, 0.15) is 5.56 Å². The van der Waals surface area contributed by atoms with Crippen LogP contribution in [0.25, 0.3) is 28.0 Å². The van der Waals surface area contributed by atoms with Crippen molar-refractivity contribution in [2.24, 2.45) is 0 Å². The van der Waals surface area contributed by atoms with E-state index in [0.29, 0.717) is 22.8 Å². The van der Waals surface area contributed by atoms with Crippen molar-refractivity contribution >= 4 is 33.9 Å². The molecule has 0 bridgehead atoms. The number of anilines is 2. The lowest BCUT2D eigenvalue weighted by atomic mass is 10.1. The fourth-order valence-electron chi connectivity index (χ4n) is 3.69. The fourth-order valence-corrected chi connectivity index (χ4v) is 4.34. The number of pyridine rings is 2. The first-order valence-electron chi connectivity index (χ1n) is 10.00. The van der Waals surface area contributed by atoms with Crippen molar-refractivity contribution in [2.45, 2.75) is 6.18 Å². The first kappa shape index (κ1) is 21.0. The van der Waals surface area contributed by atoms with Crippen molar-refractivity contribution < 1.29 is 13.2 Å². The maximum absolute atomic E-state index is 14.1. The summed E-state index contributed by atoms with van der Waals surface area (Å²) in [6, 6.07) is 21.8. The molecule has 2 aromatic carbocycles. The van der Waals surface area contributed by atoms with Crippen LogP contribution in [-0.4, -0.2) is 9.55 Å².